The Morgan fingerprint density at radius 1 is 1.17 bits per heavy atom. The minimum atomic E-state index is -4.03. The summed E-state index contributed by atoms with van der Waals surface area (Å²) in [4.78, 5) is 0. The third-order valence-electron chi connectivity index (χ3n) is 2.18. The summed E-state index contributed by atoms with van der Waals surface area (Å²) >= 11 is 0. The van der Waals surface area contributed by atoms with Gasteiger partial charge in [-0.2, -0.15) is 13.2 Å². The van der Waals surface area contributed by atoms with Gasteiger partial charge in [0, 0.05) is 6.04 Å². The van der Waals surface area contributed by atoms with Crippen LogP contribution in [0.25, 0.3) is 0 Å². The van der Waals surface area contributed by atoms with E-state index < -0.39 is 12.1 Å². The molecule has 0 amide bonds. The Balaban J connectivity index is 0.00000121. The maximum absolute atomic E-state index is 12.1. The van der Waals surface area contributed by atoms with Gasteiger partial charge in [0.1, 0.15) is 0 Å². The number of nitrogens with two attached hydrogens (primary N) is 1. The van der Waals surface area contributed by atoms with E-state index in [1.165, 1.54) is 0 Å². The van der Waals surface area contributed by atoms with Crippen molar-refractivity contribution in [3.8, 4) is 0 Å². The Bertz CT molecular complexity index is 137. The monoisotopic (exact) mass is 203 g/mol. The Kier molecular flexibility index (Phi) is 4.34. The van der Waals surface area contributed by atoms with Crippen molar-refractivity contribution in [1.82, 2.24) is 0 Å². The molecule has 1 nitrogen and oxygen atoms in total. The van der Waals surface area contributed by atoms with E-state index in [1.54, 1.807) is 0 Å². The minimum absolute atomic E-state index is 0. The highest BCUT2D eigenvalue weighted by Crippen LogP contribution is 2.36. The van der Waals surface area contributed by atoms with E-state index in [9.17, 15) is 13.2 Å². The summed E-state index contributed by atoms with van der Waals surface area (Å²) < 4.78 is 36.2. The summed E-state index contributed by atoms with van der Waals surface area (Å²) in [6.07, 6.45) is -2.29. The lowest BCUT2D eigenvalue weighted by Crippen LogP contribution is -2.35. The number of alkyl halides is 3. The molecular weight excluding hydrogens is 191 g/mol. The predicted octanol–water partition coefficient (Wildman–Crippen LogP) is 2.49. The molecule has 74 valence electrons. The van der Waals surface area contributed by atoms with E-state index in [0.29, 0.717) is 6.42 Å². The van der Waals surface area contributed by atoms with Crippen LogP contribution in [0.1, 0.15) is 25.7 Å². The molecule has 0 heterocycles. The molecule has 5 heteroatoms. The standard InChI is InChI=1S/C7H12F3N.ClH/c8-7(9,10)5-2-1-3-6(11)4-5;/h5-6H,1-4,11H2;1H. The normalized spacial score (nSPS) is 31.0. The first-order valence-electron chi connectivity index (χ1n) is 3.82. The van der Waals surface area contributed by atoms with Crippen LogP contribution in [0.3, 0.4) is 0 Å². The van der Waals surface area contributed by atoms with Crippen LogP contribution in [0.5, 0.6) is 0 Å². The van der Waals surface area contributed by atoms with E-state index in [1.807, 2.05) is 0 Å². The Morgan fingerprint density at radius 3 is 2.08 bits per heavy atom. The van der Waals surface area contributed by atoms with Gasteiger partial charge in [0.05, 0.1) is 5.92 Å². The average molecular weight is 204 g/mol. The van der Waals surface area contributed by atoms with Gasteiger partial charge in [0.25, 0.3) is 0 Å². The topological polar surface area (TPSA) is 26.0 Å². The smallest absolute Gasteiger partial charge is 0.328 e. The lowest BCUT2D eigenvalue weighted by molar-refractivity contribution is -0.182. The third kappa shape index (κ3) is 3.19. The Hall–Kier alpha value is 0.0400. The molecule has 0 spiro atoms. The summed E-state index contributed by atoms with van der Waals surface area (Å²) in [6, 6.07) is -0.240. The van der Waals surface area contributed by atoms with Crippen LogP contribution in [0, 0.1) is 5.92 Å². The molecule has 0 aromatic heterocycles. The molecule has 2 N–H and O–H groups in total. The van der Waals surface area contributed by atoms with Crippen LogP contribution < -0.4 is 5.73 Å². The molecule has 12 heavy (non-hydrogen) atoms. The number of rotatable bonds is 0. The molecule has 0 bridgehead atoms. The van der Waals surface area contributed by atoms with Gasteiger partial charge in [-0.3, -0.25) is 0 Å². The van der Waals surface area contributed by atoms with E-state index in [0.717, 1.165) is 6.42 Å². The van der Waals surface area contributed by atoms with Crippen LogP contribution in [0.2, 0.25) is 0 Å². The molecule has 0 saturated heterocycles. The molecule has 1 fully saturated rings. The van der Waals surface area contributed by atoms with Crippen molar-refractivity contribution in [3.63, 3.8) is 0 Å². The van der Waals surface area contributed by atoms with Crippen molar-refractivity contribution in [2.45, 2.75) is 37.9 Å². The van der Waals surface area contributed by atoms with Crippen molar-refractivity contribution in [1.29, 1.82) is 0 Å². The fourth-order valence-corrected chi connectivity index (χ4v) is 1.52. The maximum atomic E-state index is 12.1. The first kappa shape index (κ1) is 12.0. The summed E-state index contributed by atoms with van der Waals surface area (Å²) in [5.41, 5.74) is 5.42. The van der Waals surface area contributed by atoms with Crippen molar-refractivity contribution in [2.24, 2.45) is 11.7 Å². The van der Waals surface area contributed by atoms with Gasteiger partial charge in [-0.05, 0) is 19.3 Å². The summed E-state index contributed by atoms with van der Waals surface area (Å²) in [6.45, 7) is 0. The van der Waals surface area contributed by atoms with Crippen molar-refractivity contribution in [3.05, 3.63) is 0 Å². The van der Waals surface area contributed by atoms with Crippen LogP contribution in [0.4, 0.5) is 13.2 Å². The number of hydrogen-bond acceptors (Lipinski definition) is 1. The first-order valence-corrected chi connectivity index (χ1v) is 3.82. The highest BCUT2D eigenvalue weighted by atomic mass is 35.5. The zero-order chi connectivity index (χ0) is 8.48. The van der Waals surface area contributed by atoms with E-state index in [4.69, 9.17) is 5.73 Å². The van der Waals surface area contributed by atoms with Gasteiger partial charge in [-0.1, -0.05) is 6.42 Å². The molecular formula is C7H13ClF3N. The van der Waals surface area contributed by atoms with Gasteiger partial charge in [-0.25, -0.2) is 0 Å². The SMILES string of the molecule is Cl.NC1CCCC(C(F)(F)F)C1. The molecule has 0 aliphatic heterocycles. The van der Waals surface area contributed by atoms with Crippen molar-refractivity contribution in [2.75, 3.05) is 0 Å². The average Bonchev–Trinajstić information content (AvgIpc) is 1.86. The van der Waals surface area contributed by atoms with E-state index >= 15 is 0 Å². The van der Waals surface area contributed by atoms with Crippen LogP contribution in [0.15, 0.2) is 0 Å². The zero-order valence-electron chi connectivity index (χ0n) is 6.60. The second-order valence-corrected chi connectivity index (χ2v) is 3.17. The zero-order valence-corrected chi connectivity index (χ0v) is 7.42. The van der Waals surface area contributed by atoms with Gasteiger partial charge in [0.2, 0.25) is 0 Å². The van der Waals surface area contributed by atoms with E-state index in [2.05, 4.69) is 0 Å². The first-order chi connectivity index (χ1) is 5.00. The third-order valence-corrected chi connectivity index (χ3v) is 2.18. The minimum Gasteiger partial charge on any atom is -0.328 e. The lowest BCUT2D eigenvalue weighted by Gasteiger charge is -2.28. The van der Waals surface area contributed by atoms with Crippen LogP contribution in [-0.4, -0.2) is 12.2 Å². The molecule has 1 aliphatic rings. The lowest BCUT2D eigenvalue weighted by atomic mass is 9.86. The van der Waals surface area contributed by atoms with Crippen molar-refractivity contribution >= 4 is 12.4 Å². The Morgan fingerprint density at radius 2 is 1.75 bits per heavy atom. The van der Waals surface area contributed by atoms with Gasteiger partial charge < -0.3 is 5.73 Å². The van der Waals surface area contributed by atoms with E-state index in [-0.39, 0.29) is 31.3 Å². The molecule has 0 aromatic rings. The summed E-state index contributed by atoms with van der Waals surface area (Å²) in [5.74, 6) is -1.15. The highest BCUT2D eigenvalue weighted by Gasteiger charge is 2.41. The van der Waals surface area contributed by atoms with Crippen LogP contribution in [-0.2, 0) is 0 Å². The summed E-state index contributed by atoms with van der Waals surface area (Å²) in [5, 5.41) is 0. The Labute approximate surface area is 75.9 Å². The van der Waals surface area contributed by atoms with Crippen LogP contribution >= 0.6 is 12.4 Å². The predicted molar refractivity (Wildman–Crippen MR) is 43.2 cm³/mol. The molecule has 2 atom stereocenters. The van der Waals surface area contributed by atoms with Crippen molar-refractivity contribution < 1.29 is 13.2 Å². The number of halogens is 4. The quantitative estimate of drug-likeness (QED) is 0.643. The molecule has 1 rings (SSSR count). The van der Waals surface area contributed by atoms with Gasteiger partial charge in [0.15, 0.2) is 0 Å². The molecule has 0 radical (unpaired) electrons. The molecule has 1 saturated carbocycles. The van der Waals surface area contributed by atoms with Gasteiger partial charge >= 0.3 is 6.18 Å². The maximum Gasteiger partial charge on any atom is 0.391 e. The molecule has 2 unspecified atom stereocenters. The second-order valence-electron chi connectivity index (χ2n) is 3.17. The highest BCUT2D eigenvalue weighted by molar-refractivity contribution is 5.85. The van der Waals surface area contributed by atoms with Gasteiger partial charge in [-0.15, -0.1) is 12.4 Å². The second kappa shape index (κ2) is 4.33. The largest absolute Gasteiger partial charge is 0.391 e. The molecule has 0 aromatic carbocycles. The number of hydrogen-bond donors (Lipinski definition) is 1. The fourth-order valence-electron chi connectivity index (χ4n) is 1.52. The fraction of sp³-hybridized carbons (Fsp3) is 1.00. The molecule has 1 aliphatic carbocycles. The summed E-state index contributed by atoms with van der Waals surface area (Å²) in [7, 11) is 0.